The van der Waals surface area contributed by atoms with Crippen molar-refractivity contribution in [2.24, 2.45) is 0 Å². The van der Waals surface area contributed by atoms with Gasteiger partial charge in [0.15, 0.2) is 0 Å². The Bertz CT molecular complexity index is 836. The summed E-state index contributed by atoms with van der Waals surface area (Å²) in [5, 5.41) is 6.00. The van der Waals surface area contributed by atoms with Crippen LogP contribution in [0.15, 0.2) is 67.0 Å². The van der Waals surface area contributed by atoms with Crippen molar-refractivity contribution >= 4 is 11.7 Å². The zero-order chi connectivity index (χ0) is 18.2. The number of carbonyl (C=O) groups excluding carboxylic acids is 1. The fourth-order valence-corrected chi connectivity index (χ4v) is 2.39. The van der Waals surface area contributed by atoms with Gasteiger partial charge >= 0.3 is 0 Å². The lowest BCUT2D eigenvalue weighted by Gasteiger charge is -2.07. The van der Waals surface area contributed by atoms with Gasteiger partial charge in [-0.25, -0.2) is 9.37 Å². The number of halogens is 1. The SMILES string of the molecule is O=C(NCCc1ccc(F)cc1)c1ccc(NCc2ccccn2)nc1. The quantitative estimate of drug-likeness (QED) is 0.687. The summed E-state index contributed by atoms with van der Waals surface area (Å²) in [6.45, 7) is 1.04. The molecule has 1 aromatic carbocycles. The number of amides is 1. The number of benzene rings is 1. The normalized spacial score (nSPS) is 10.3. The minimum absolute atomic E-state index is 0.184. The monoisotopic (exact) mass is 350 g/mol. The highest BCUT2D eigenvalue weighted by atomic mass is 19.1. The highest BCUT2D eigenvalue weighted by Gasteiger charge is 2.06. The van der Waals surface area contributed by atoms with Gasteiger partial charge in [-0.15, -0.1) is 0 Å². The van der Waals surface area contributed by atoms with Gasteiger partial charge in [0.05, 0.1) is 17.8 Å². The summed E-state index contributed by atoms with van der Waals surface area (Å²) in [5.74, 6) is 0.231. The summed E-state index contributed by atoms with van der Waals surface area (Å²) in [6, 6.07) is 15.5. The van der Waals surface area contributed by atoms with E-state index < -0.39 is 0 Å². The molecular weight excluding hydrogens is 331 g/mol. The Morgan fingerprint density at radius 3 is 2.54 bits per heavy atom. The van der Waals surface area contributed by atoms with Gasteiger partial charge in [0.1, 0.15) is 11.6 Å². The molecule has 3 aromatic rings. The molecule has 0 bridgehead atoms. The van der Waals surface area contributed by atoms with Gasteiger partial charge in [0.2, 0.25) is 0 Å². The van der Waals surface area contributed by atoms with E-state index in [4.69, 9.17) is 0 Å². The first kappa shape index (κ1) is 17.5. The summed E-state index contributed by atoms with van der Waals surface area (Å²) < 4.78 is 12.9. The van der Waals surface area contributed by atoms with Crippen molar-refractivity contribution < 1.29 is 9.18 Å². The molecule has 3 rings (SSSR count). The zero-order valence-electron chi connectivity index (χ0n) is 14.2. The van der Waals surface area contributed by atoms with Crippen LogP contribution < -0.4 is 10.6 Å². The molecule has 6 heteroatoms. The Hall–Kier alpha value is -3.28. The third-order valence-electron chi connectivity index (χ3n) is 3.81. The van der Waals surface area contributed by atoms with Crippen molar-refractivity contribution in [3.63, 3.8) is 0 Å². The maximum atomic E-state index is 12.9. The summed E-state index contributed by atoms with van der Waals surface area (Å²) in [5.41, 5.74) is 2.38. The molecule has 0 aliphatic heterocycles. The minimum Gasteiger partial charge on any atom is -0.364 e. The maximum Gasteiger partial charge on any atom is 0.252 e. The second-order valence-electron chi connectivity index (χ2n) is 5.74. The van der Waals surface area contributed by atoms with Gasteiger partial charge in [0.25, 0.3) is 5.91 Å². The number of pyridine rings is 2. The average molecular weight is 350 g/mol. The lowest BCUT2D eigenvalue weighted by Crippen LogP contribution is -2.25. The molecule has 0 unspecified atom stereocenters. The fourth-order valence-electron chi connectivity index (χ4n) is 2.39. The van der Waals surface area contributed by atoms with Gasteiger partial charge in [-0.05, 0) is 48.4 Å². The summed E-state index contributed by atoms with van der Waals surface area (Å²) in [7, 11) is 0. The minimum atomic E-state index is -0.263. The van der Waals surface area contributed by atoms with Crippen molar-refractivity contribution in [1.82, 2.24) is 15.3 Å². The Balaban J connectivity index is 1.46. The number of hydrogen-bond donors (Lipinski definition) is 2. The van der Waals surface area contributed by atoms with Gasteiger partial charge in [-0.1, -0.05) is 18.2 Å². The molecule has 5 nitrogen and oxygen atoms in total. The fraction of sp³-hybridized carbons (Fsp3) is 0.150. The van der Waals surface area contributed by atoms with E-state index in [2.05, 4.69) is 20.6 Å². The van der Waals surface area contributed by atoms with E-state index >= 15 is 0 Å². The summed E-state index contributed by atoms with van der Waals surface area (Å²) in [6.07, 6.45) is 3.92. The smallest absolute Gasteiger partial charge is 0.252 e. The molecule has 132 valence electrons. The molecule has 2 heterocycles. The highest BCUT2D eigenvalue weighted by Crippen LogP contribution is 2.07. The van der Waals surface area contributed by atoms with Crippen LogP contribution in [0, 0.1) is 5.82 Å². The van der Waals surface area contributed by atoms with Crippen LogP contribution in [-0.4, -0.2) is 22.4 Å². The standard InChI is InChI=1S/C20H19FN4O/c21-17-7-4-15(5-8-17)10-12-23-20(26)16-6-9-19(24-13-16)25-14-18-3-1-2-11-22-18/h1-9,11,13H,10,12,14H2,(H,23,26)(H,24,25). The second kappa shape index (κ2) is 8.71. The molecular formula is C20H19FN4O. The molecule has 0 saturated carbocycles. The number of nitrogens with one attached hydrogen (secondary N) is 2. The van der Waals surface area contributed by atoms with Gasteiger partial charge in [-0.2, -0.15) is 0 Å². The topological polar surface area (TPSA) is 66.9 Å². The number of hydrogen-bond acceptors (Lipinski definition) is 4. The van der Waals surface area contributed by atoms with Gasteiger partial charge in [-0.3, -0.25) is 9.78 Å². The molecule has 2 N–H and O–H groups in total. The lowest BCUT2D eigenvalue weighted by molar-refractivity contribution is 0.0954. The molecule has 0 saturated heterocycles. The van der Waals surface area contributed by atoms with Crippen LogP contribution in [0.25, 0.3) is 0 Å². The zero-order valence-corrected chi connectivity index (χ0v) is 14.2. The van der Waals surface area contributed by atoms with E-state index in [1.165, 1.54) is 18.3 Å². The van der Waals surface area contributed by atoms with Gasteiger partial charge < -0.3 is 10.6 Å². The molecule has 1 amide bonds. The third kappa shape index (κ3) is 5.11. The number of nitrogens with zero attached hydrogens (tertiary/aromatic N) is 2. The second-order valence-corrected chi connectivity index (χ2v) is 5.74. The van der Waals surface area contributed by atoms with Crippen LogP contribution in [0.3, 0.4) is 0 Å². The van der Waals surface area contributed by atoms with Crippen molar-refractivity contribution in [1.29, 1.82) is 0 Å². The molecule has 0 aliphatic rings. The van der Waals surface area contributed by atoms with Crippen LogP contribution in [0.1, 0.15) is 21.6 Å². The molecule has 0 aliphatic carbocycles. The van der Waals surface area contributed by atoms with E-state index in [9.17, 15) is 9.18 Å². The van der Waals surface area contributed by atoms with E-state index in [-0.39, 0.29) is 11.7 Å². The molecule has 26 heavy (non-hydrogen) atoms. The third-order valence-corrected chi connectivity index (χ3v) is 3.81. The van der Waals surface area contributed by atoms with Crippen LogP contribution in [0.5, 0.6) is 0 Å². The highest BCUT2D eigenvalue weighted by molar-refractivity contribution is 5.94. The van der Waals surface area contributed by atoms with Crippen molar-refractivity contribution in [3.8, 4) is 0 Å². The predicted molar refractivity (Wildman–Crippen MR) is 98.2 cm³/mol. The number of carbonyl (C=O) groups is 1. The first-order valence-electron chi connectivity index (χ1n) is 8.33. The molecule has 0 atom stereocenters. The van der Waals surface area contributed by atoms with E-state index in [1.807, 2.05) is 18.2 Å². The Morgan fingerprint density at radius 2 is 1.85 bits per heavy atom. The Morgan fingerprint density at radius 1 is 1.00 bits per heavy atom. The number of anilines is 1. The summed E-state index contributed by atoms with van der Waals surface area (Å²) >= 11 is 0. The first-order chi connectivity index (χ1) is 12.7. The molecule has 0 fully saturated rings. The Kier molecular flexibility index (Phi) is 5.88. The maximum absolute atomic E-state index is 12.9. The van der Waals surface area contributed by atoms with Crippen LogP contribution in [0.2, 0.25) is 0 Å². The van der Waals surface area contributed by atoms with Crippen molar-refractivity contribution in [2.75, 3.05) is 11.9 Å². The van der Waals surface area contributed by atoms with E-state index in [0.717, 1.165) is 11.3 Å². The van der Waals surface area contributed by atoms with Crippen molar-refractivity contribution in [2.45, 2.75) is 13.0 Å². The largest absolute Gasteiger partial charge is 0.364 e. The van der Waals surface area contributed by atoms with Crippen molar-refractivity contribution in [3.05, 3.63) is 89.6 Å². The molecule has 2 aromatic heterocycles. The number of aromatic nitrogens is 2. The summed E-state index contributed by atoms with van der Waals surface area (Å²) in [4.78, 5) is 20.6. The lowest BCUT2D eigenvalue weighted by atomic mass is 10.1. The average Bonchev–Trinajstić information content (AvgIpc) is 2.69. The number of rotatable bonds is 7. The molecule has 0 spiro atoms. The van der Waals surface area contributed by atoms with Gasteiger partial charge in [0, 0.05) is 18.9 Å². The first-order valence-corrected chi connectivity index (χ1v) is 8.33. The Labute approximate surface area is 151 Å². The predicted octanol–water partition coefficient (Wildman–Crippen LogP) is 3.20. The van der Waals surface area contributed by atoms with E-state index in [1.54, 1.807) is 30.5 Å². The van der Waals surface area contributed by atoms with Crippen LogP contribution in [0.4, 0.5) is 10.2 Å². The molecule has 0 radical (unpaired) electrons. The van der Waals surface area contributed by atoms with Crippen LogP contribution in [-0.2, 0) is 13.0 Å². The van der Waals surface area contributed by atoms with E-state index in [0.29, 0.717) is 30.9 Å². The van der Waals surface area contributed by atoms with Crippen LogP contribution >= 0.6 is 0 Å².